The number of imide groups is 1. The van der Waals surface area contributed by atoms with E-state index in [1.165, 1.54) is 0 Å². The van der Waals surface area contributed by atoms with Gasteiger partial charge in [-0.25, -0.2) is 4.79 Å². The summed E-state index contributed by atoms with van der Waals surface area (Å²) in [7, 11) is 3.34. The van der Waals surface area contributed by atoms with Gasteiger partial charge in [-0.3, -0.25) is 19.8 Å². The van der Waals surface area contributed by atoms with Crippen LogP contribution in [0.4, 0.5) is 10.5 Å². The molecule has 0 aliphatic carbocycles. The first-order valence-corrected chi connectivity index (χ1v) is 9.42. The number of carbonyl (C=O) groups excluding carboxylic acids is 3. The van der Waals surface area contributed by atoms with E-state index >= 15 is 0 Å². The van der Waals surface area contributed by atoms with Crippen LogP contribution in [0.25, 0.3) is 0 Å². The van der Waals surface area contributed by atoms with Gasteiger partial charge in [0.2, 0.25) is 11.8 Å². The quantitative estimate of drug-likeness (QED) is 0.485. The van der Waals surface area contributed by atoms with Crippen LogP contribution < -0.4 is 25.4 Å². The zero-order chi connectivity index (χ0) is 21.1. The molecule has 0 aromatic heterocycles. The molecule has 2 rings (SSSR count). The molecule has 10 heteroatoms. The Kier molecular flexibility index (Phi) is 9.19. The Morgan fingerprint density at radius 1 is 1.14 bits per heavy atom. The van der Waals surface area contributed by atoms with Crippen LogP contribution in [-0.2, 0) is 14.3 Å². The number of nitrogens with one attached hydrogen (secondary N) is 3. The molecular formula is C19H28N4O6. The lowest BCUT2D eigenvalue weighted by Gasteiger charge is -2.19. The van der Waals surface area contributed by atoms with Crippen LogP contribution in [-0.4, -0.2) is 76.4 Å². The third kappa shape index (κ3) is 8.36. The van der Waals surface area contributed by atoms with E-state index in [0.29, 0.717) is 50.1 Å². The Hall–Kier alpha value is -2.85. The molecular weight excluding hydrogens is 380 g/mol. The Balaban J connectivity index is 1.65. The van der Waals surface area contributed by atoms with Crippen LogP contribution >= 0.6 is 0 Å². The summed E-state index contributed by atoms with van der Waals surface area (Å²) < 4.78 is 15.8. The van der Waals surface area contributed by atoms with Gasteiger partial charge in [-0.1, -0.05) is 0 Å². The molecule has 0 bridgehead atoms. The van der Waals surface area contributed by atoms with E-state index in [4.69, 9.17) is 14.2 Å². The van der Waals surface area contributed by atoms with Gasteiger partial charge in [0.15, 0.2) is 11.5 Å². The zero-order valence-electron chi connectivity index (χ0n) is 16.8. The second kappa shape index (κ2) is 11.9. The summed E-state index contributed by atoms with van der Waals surface area (Å²) in [4.78, 5) is 37.4. The van der Waals surface area contributed by atoms with Gasteiger partial charge in [0.25, 0.3) is 0 Å². The summed E-state index contributed by atoms with van der Waals surface area (Å²) in [6, 6.07) is 4.36. The molecule has 3 N–H and O–H groups in total. The van der Waals surface area contributed by atoms with Crippen molar-refractivity contribution in [3.8, 4) is 11.5 Å². The number of ether oxygens (including phenoxy) is 3. The lowest BCUT2D eigenvalue weighted by atomic mass is 10.2. The first-order chi connectivity index (χ1) is 14.0. The number of anilines is 1. The largest absolute Gasteiger partial charge is 0.486 e. The minimum absolute atomic E-state index is 0.0853. The fraction of sp³-hybridized carbons (Fsp3) is 0.526. The molecule has 0 saturated heterocycles. The molecule has 29 heavy (non-hydrogen) atoms. The molecule has 0 saturated carbocycles. The molecule has 4 amide bonds. The van der Waals surface area contributed by atoms with Crippen molar-refractivity contribution in [1.82, 2.24) is 15.5 Å². The second-order valence-electron chi connectivity index (χ2n) is 6.54. The number of fused-ring (bicyclic) bond motifs is 1. The van der Waals surface area contributed by atoms with Gasteiger partial charge in [-0.05, 0) is 25.6 Å². The number of likely N-dealkylation sites (N-methyl/N-ethyl adjacent to an activating group) is 1. The fourth-order valence-electron chi connectivity index (χ4n) is 2.59. The molecule has 1 heterocycles. The third-order valence-electron chi connectivity index (χ3n) is 4.03. The number of hydrogen-bond donors (Lipinski definition) is 3. The van der Waals surface area contributed by atoms with E-state index in [1.807, 2.05) is 0 Å². The zero-order valence-corrected chi connectivity index (χ0v) is 16.8. The third-order valence-corrected chi connectivity index (χ3v) is 4.03. The molecule has 160 valence electrons. The van der Waals surface area contributed by atoms with E-state index in [2.05, 4.69) is 16.0 Å². The highest BCUT2D eigenvalue weighted by molar-refractivity contribution is 6.01. The molecule has 0 radical (unpaired) electrons. The van der Waals surface area contributed by atoms with E-state index < -0.39 is 11.9 Å². The Bertz CT molecular complexity index is 712. The summed E-state index contributed by atoms with van der Waals surface area (Å²) in [5, 5.41) is 7.62. The van der Waals surface area contributed by atoms with Crippen molar-refractivity contribution in [2.45, 2.75) is 12.8 Å². The van der Waals surface area contributed by atoms with Gasteiger partial charge in [-0.15, -0.1) is 0 Å². The van der Waals surface area contributed by atoms with E-state index in [-0.39, 0.29) is 18.9 Å². The van der Waals surface area contributed by atoms with E-state index in [9.17, 15) is 14.4 Å². The molecule has 0 unspecified atom stereocenters. The summed E-state index contributed by atoms with van der Waals surface area (Å²) in [6.07, 6.45) is 0.828. The van der Waals surface area contributed by atoms with Gasteiger partial charge in [0.05, 0.1) is 6.54 Å². The topological polar surface area (TPSA) is 118 Å². The summed E-state index contributed by atoms with van der Waals surface area (Å²) in [6.45, 7) is 2.57. The van der Waals surface area contributed by atoms with Crippen molar-refractivity contribution in [2.75, 3.05) is 58.9 Å². The SMILES string of the molecule is COCCCNC(=O)CN(C)CCC(=O)NC(=O)Nc1ccc2c(c1)OCCO2. The van der Waals surface area contributed by atoms with Crippen LogP contribution in [0, 0.1) is 0 Å². The maximum absolute atomic E-state index is 12.0. The Morgan fingerprint density at radius 2 is 1.90 bits per heavy atom. The van der Waals surface area contributed by atoms with Crippen molar-refractivity contribution in [3.05, 3.63) is 18.2 Å². The number of urea groups is 1. The average Bonchev–Trinajstić information content (AvgIpc) is 2.69. The van der Waals surface area contributed by atoms with Gasteiger partial charge >= 0.3 is 6.03 Å². The van der Waals surface area contributed by atoms with Crippen molar-refractivity contribution in [2.24, 2.45) is 0 Å². The smallest absolute Gasteiger partial charge is 0.325 e. The van der Waals surface area contributed by atoms with Crippen LogP contribution in [0.3, 0.4) is 0 Å². The average molecular weight is 408 g/mol. The number of carbonyl (C=O) groups is 3. The predicted molar refractivity (Wildman–Crippen MR) is 106 cm³/mol. The van der Waals surface area contributed by atoms with Crippen LogP contribution in [0.15, 0.2) is 18.2 Å². The summed E-state index contributed by atoms with van der Waals surface area (Å²) >= 11 is 0. The normalized spacial score (nSPS) is 12.4. The monoisotopic (exact) mass is 408 g/mol. The maximum atomic E-state index is 12.0. The molecule has 1 aromatic rings. The van der Waals surface area contributed by atoms with Gasteiger partial charge in [0, 0.05) is 45.0 Å². The number of rotatable bonds is 10. The van der Waals surface area contributed by atoms with Crippen LogP contribution in [0.2, 0.25) is 0 Å². The van der Waals surface area contributed by atoms with Crippen molar-refractivity contribution in [1.29, 1.82) is 0 Å². The van der Waals surface area contributed by atoms with Crippen LogP contribution in [0.5, 0.6) is 11.5 Å². The number of amides is 4. The molecule has 0 fully saturated rings. The Morgan fingerprint density at radius 3 is 2.66 bits per heavy atom. The molecule has 1 aliphatic heterocycles. The van der Waals surface area contributed by atoms with Gasteiger partial charge in [-0.2, -0.15) is 0 Å². The van der Waals surface area contributed by atoms with E-state index in [1.54, 1.807) is 37.3 Å². The predicted octanol–water partition coefficient (Wildman–Crippen LogP) is 0.581. The molecule has 0 spiro atoms. The maximum Gasteiger partial charge on any atom is 0.325 e. The fourth-order valence-corrected chi connectivity index (χ4v) is 2.59. The van der Waals surface area contributed by atoms with Crippen LogP contribution in [0.1, 0.15) is 12.8 Å². The number of nitrogens with zero attached hydrogens (tertiary/aromatic N) is 1. The number of benzene rings is 1. The highest BCUT2D eigenvalue weighted by Gasteiger charge is 2.14. The minimum atomic E-state index is -0.634. The second-order valence-corrected chi connectivity index (χ2v) is 6.54. The van der Waals surface area contributed by atoms with E-state index in [0.717, 1.165) is 6.42 Å². The summed E-state index contributed by atoms with van der Waals surface area (Å²) in [5.74, 6) is 0.597. The first-order valence-electron chi connectivity index (χ1n) is 9.42. The molecule has 1 aromatic carbocycles. The molecule has 10 nitrogen and oxygen atoms in total. The van der Waals surface area contributed by atoms with Gasteiger partial charge < -0.3 is 24.8 Å². The van der Waals surface area contributed by atoms with Crippen molar-refractivity contribution in [3.63, 3.8) is 0 Å². The highest BCUT2D eigenvalue weighted by atomic mass is 16.6. The lowest BCUT2D eigenvalue weighted by Crippen LogP contribution is -2.39. The Labute approximate surface area is 169 Å². The number of hydrogen-bond acceptors (Lipinski definition) is 7. The summed E-state index contributed by atoms with van der Waals surface area (Å²) in [5.41, 5.74) is 0.488. The van der Waals surface area contributed by atoms with Crippen molar-refractivity contribution >= 4 is 23.5 Å². The molecule has 1 aliphatic rings. The standard InChI is InChI=1S/C19H28N4O6/c1-23(13-18(25)20-7-3-9-27-2)8-6-17(24)22-19(26)21-14-4-5-15-16(12-14)29-11-10-28-15/h4-5,12H,3,6-11,13H2,1-2H3,(H,20,25)(H2,21,22,24,26). The number of methoxy groups -OCH3 is 1. The van der Waals surface area contributed by atoms with Gasteiger partial charge in [0.1, 0.15) is 13.2 Å². The van der Waals surface area contributed by atoms with Crippen molar-refractivity contribution < 1.29 is 28.6 Å². The highest BCUT2D eigenvalue weighted by Crippen LogP contribution is 2.32. The molecule has 0 atom stereocenters. The minimum Gasteiger partial charge on any atom is -0.486 e. The lowest BCUT2D eigenvalue weighted by molar-refractivity contribution is -0.123. The first kappa shape index (κ1) is 22.4.